The molecule has 0 aliphatic heterocycles. The molecule has 1 N–H and O–H groups in total. The minimum atomic E-state index is -0.600. The van der Waals surface area contributed by atoms with Gasteiger partial charge in [-0.1, -0.05) is 29.8 Å². The fourth-order valence-electron chi connectivity index (χ4n) is 2.46. The average molecular weight is 412 g/mol. The molecule has 2 amide bonds. The van der Waals surface area contributed by atoms with Crippen LogP contribution in [0.1, 0.15) is 35.3 Å². The second kappa shape index (κ2) is 11.1. The summed E-state index contributed by atoms with van der Waals surface area (Å²) in [6.45, 7) is 5.73. The van der Waals surface area contributed by atoms with Crippen LogP contribution in [-0.2, 0) is 25.7 Å². The molecule has 0 radical (unpaired) electrons. The molecule has 0 saturated carbocycles. The van der Waals surface area contributed by atoms with Crippen LogP contribution in [0.4, 0.5) is 5.69 Å². The van der Waals surface area contributed by atoms with Crippen molar-refractivity contribution in [2.24, 2.45) is 0 Å². The van der Waals surface area contributed by atoms with E-state index < -0.39 is 18.5 Å². The van der Waals surface area contributed by atoms with Crippen LogP contribution in [0.3, 0.4) is 0 Å². The van der Waals surface area contributed by atoms with Gasteiger partial charge < -0.3 is 19.7 Å². The van der Waals surface area contributed by atoms with Crippen LogP contribution >= 0.6 is 0 Å². The second-order valence-electron chi connectivity index (χ2n) is 7.30. The smallest absolute Gasteiger partial charge is 0.338 e. The maximum absolute atomic E-state index is 12.2. The monoisotopic (exact) mass is 412 g/mol. The largest absolute Gasteiger partial charge is 0.452 e. The van der Waals surface area contributed by atoms with Gasteiger partial charge in [0.05, 0.1) is 24.8 Å². The molecule has 0 fully saturated rings. The molecule has 0 aromatic heterocycles. The molecule has 0 aliphatic carbocycles. The number of carbonyl (C=O) groups is 3. The Bertz CT molecular complexity index is 860. The lowest BCUT2D eigenvalue weighted by Gasteiger charge is -2.17. The molecule has 2 aromatic carbocycles. The van der Waals surface area contributed by atoms with Crippen molar-refractivity contribution in [2.75, 3.05) is 25.5 Å². The number of amides is 2. The first-order valence-electron chi connectivity index (χ1n) is 9.72. The topological polar surface area (TPSA) is 84.9 Å². The van der Waals surface area contributed by atoms with E-state index in [4.69, 9.17) is 9.47 Å². The van der Waals surface area contributed by atoms with E-state index in [1.165, 1.54) is 11.9 Å². The standard InChI is InChI=1S/C23H28N2O5/c1-16(2)29-14-18-7-9-19(10-8-18)23(28)30-15-22(27)25(4)13-21(26)24-20-11-5-17(3)6-12-20/h5-12,16H,13-15H2,1-4H3,(H,24,26). The fraction of sp³-hybridized carbons (Fsp3) is 0.348. The van der Waals surface area contributed by atoms with Gasteiger partial charge in [0.1, 0.15) is 0 Å². The summed E-state index contributed by atoms with van der Waals surface area (Å²) < 4.78 is 10.6. The molecule has 0 bridgehead atoms. The number of aryl methyl sites for hydroxylation is 1. The Labute approximate surface area is 177 Å². The van der Waals surface area contributed by atoms with Crippen molar-refractivity contribution in [1.29, 1.82) is 0 Å². The number of nitrogens with one attached hydrogen (secondary N) is 1. The zero-order chi connectivity index (χ0) is 22.1. The summed E-state index contributed by atoms with van der Waals surface area (Å²) in [5.74, 6) is -1.40. The van der Waals surface area contributed by atoms with E-state index >= 15 is 0 Å². The molecular weight excluding hydrogens is 384 g/mol. The molecule has 0 atom stereocenters. The fourth-order valence-corrected chi connectivity index (χ4v) is 2.46. The van der Waals surface area contributed by atoms with E-state index in [1.54, 1.807) is 36.4 Å². The molecule has 7 nitrogen and oxygen atoms in total. The van der Waals surface area contributed by atoms with Gasteiger partial charge in [0.15, 0.2) is 6.61 Å². The van der Waals surface area contributed by atoms with Crippen molar-refractivity contribution in [1.82, 2.24) is 4.90 Å². The SMILES string of the molecule is Cc1ccc(NC(=O)CN(C)C(=O)COC(=O)c2ccc(COC(C)C)cc2)cc1. The van der Waals surface area contributed by atoms with Gasteiger partial charge in [-0.25, -0.2) is 4.79 Å². The van der Waals surface area contributed by atoms with E-state index in [-0.39, 0.29) is 18.6 Å². The molecule has 30 heavy (non-hydrogen) atoms. The van der Waals surface area contributed by atoms with Gasteiger partial charge in [-0.3, -0.25) is 9.59 Å². The summed E-state index contributed by atoms with van der Waals surface area (Å²) in [7, 11) is 1.48. The Morgan fingerprint density at radius 2 is 1.63 bits per heavy atom. The van der Waals surface area contributed by atoms with Crippen LogP contribution in [0.5, 0.6) is 0 Å². The van der Waals surface area contributed by atoms with E-state index in [9.17, 15) is 14.4 Å². The highest BCUT2D eigenvalue weighted by molar-refractivity contribution is 5.95. The van der Waals surface area contributed by atoms with Crippen molar-refractivity contribution >= 4 is 23.5 Å². The first kappa shape index (κ1) is 23.1. The summed E-state index contributed by atoms with van der Waals surface area (Å²) in [5.41, 5.74) is 3.02. The average Bonchev–Trinajstić information content (AvgIpc) is 2.72. The van der Waals surface area contributed by atoms with Crippen LogP contribution in [0, 0.1) is 6.92 Å². The third-order valence-corrected chi connectivity index (χ3v) is 4.24. The van der Waals surface area contributed by atoms with Crippen LogP contribution in [0.15, 0.2) is 48.5 Å². The summed E-state index contributed by atoms with van der Waals surface area (Å²) >= 11 is 0. The first-order chi connectivity index (χ1) is 14.2. The number of hydrogen-bond donors (Lipinski definition) is 1. The molecule has 2 aromatic rings. The third-order valence-electron chi connectivity index (χ3n) is 4.24. The van der Waals surface area contributed by atoms with Gasteiger partial charge in [-0.15, -0.1) is 0 Å². The Morgan fingerprint density at radius 1 is 1.00 bits per heavy atom. The number of nitrogens with zero attached hydrogens (tertiary/aromatic N) is 1. The van der Waals surface area contributed by atoms with Gasteiger partial charge in [0, 0.05) is 12.7 Å². The van der Waals surface area contributed by atoms with Gasteiger partial charge in [0.25, 0.3) is 5.91 Å². The number of ether oxygens (including phenoxy) is 2. The molecule has 0 heterocycles. The first-order valence-corrected chi connectivity index (χ1v) is 9.72. The van der Waals surface area contributed by atoms with Crippen molar-refractivity contribution in [2.45, 2.75) is 33.5 Å². The van der Waals surface area contributed by atoms with Crippen molar-refractivity contribution in [3.05, 3.63) is 65.2 Å². The predicted molar refractivity (Wildman–Crippen MR) is 114 cm³/mol. The van der Waals surface area contributed by atoms with Crippen molar-refractivity contribution < 1.29 is 23.9 Å². The van der Waals surface area contributed by atoms with E-state index in [2.05, 4.69) is 5.32 Å². The highest BCUT2D eigenvalue weighted by atomic mass is 16.5. The van der Waals surface area contributed by atoms with Gasteiger partial charge in [-0.05, 0) is 50.6 Å². The van der Waals surface area contributed by atoms with Crippen LogP contribution < -0.4 is 5.32 Å². The molecule has 0 saturated heterocycles. The van der Waals surface area contributed by atoms with E-state index in [0.29, 0.717) is 17.9 Å². The normalized spacial score (nSPS) is 10.6. The highest BCUT2D eigenvalue weighted by Gasteiger charge is 2.16. The number of rotatable bonds is 9. The lowest BCUT2D eigenvalue weighted by molar-refractivity contribution is -0.136. The Hall–Kier alpha value is -3.19. The predicted octanol–water partition coefficient (Wildman–Crippen LogP) is 3.17. The van der Waals surface area contributed by atoms with E-state index in [0.717, 1.165) is 11.1 Å². The number of esters is 1. The van der Waals surface area contributed by atoms with Crippen LogP contribution in [0.25, 0.3) is 0 Å². The highest BCUT2D eigenvalue weighted by Crippen LogP contribution is 2.10. The number of carbonyl (C=O) groups excluding carboxylic acids is 3. The summed E-state index contributed by atoms with van der Waals surface area (Å²) in [6, 6.07) is 14.2. The number of anilines is 1. The van der Waals surface area contributed by atoms with Gasteiger partial charge >= 0.3 is 5.97 Å². The number of hydrogen-bond acceptors (Lipinski definition) is 5. The lowest BCUT2D eigenvalue weighted by Crippen LogP contribution is -2.37. The minimum Gasteiger partial charge on any atom is -0.452 e. The third kappa shape index (κ3) is 7.67. The molecule has 0 unspecified atom stereocenters. The quantitative estimate of drug-likeness (QED) is 0.640. The summed E-state index contributed by atoms with van der Waals surface area (Å²) in [4.78, 5) is 37.6. The molecule has 2 rings (SSSR count). The van der Waals surface area contributed by atoms with Gasteiger partial charge in [-0.2, -0.15) is 0 Å². The molecule has 160 valence electrons. The van der Waals surface area contributed by atoms with Crippen molar-refractivity contribution in [3.63, 3.8) is 0 Å². The van der Waals surface area contributed by atoms with E-state index in [1.807, 2.05) is 32.9 Å². The van der Waals surface area contributed by atoms with Crippen LogP contribution in [0.2, 0.25) is 0 Å². The second-order valence-corrected chi connectivity index (χ2v) is 7.30. The lowest BCUT2D eigenvalue weighted by atomic mass is 10.1. The molecule has 7 heteroatoms. The Kier molecular flexibility index (Phi) is 8.55. The summed E-state index contributed by atoms with van der Waals surface area (Å²) in [5, 5.41) is 2.72. The maximum atomic E-state index is 12.2. The maximum Gasteiger partial charge on any atom is 0.338 e. The molecular formula is C23H28N2O5. The number of likely N-dealkylation sites (N-methyl/N-ethyl adjacent to an activating group) is 1. The van der Waals surface area contributed by atoms with Crippen molar-refractivity contribution in [3.8, 4) is 0 Å². The zero-order valence-electron chi connectivity index (χ0n) is 17.8. The number of benzene rings is 2. The summed E-state index contributed by atoms with van der Waals surface area (Å²) in [6.07, 6.45) is 0.122. The molecule has 0 spiro atoms. The Balaban J connectivity index is 1.77. The minimum absolute atomic E-state index is 0.122. The zero-order valence-corrected chi connectivity index (χ0v) is 17.8. The van der Waals surface area contributed by atoms with Crippen LogP contribution in [-0.4, -0.2) is 49.0 Å². The Morgan fingerprint density at radius 3 is 2.23 bits per heavy atom. The molecule has 0 aliphatic rings. The van der Waals surface area contributed by atoms with Gasteiger partial charge in [0.2, 0.25) is 5.91 Å².